The molecule has 0 aromatic heterocycles. The fraction of sp³-hybridized carbons (Fsp3) is 0.571. The molecule has 106 valence electrons. The highest BCUT2D eigenvalue weighted by molar-refractivity contribution is 6.62. The summed E-state index contributed by atoms with van der Waals surface area (Å²) in [5.74, 6) is 0. The van der Waals surface area contributed by atoms with E-state index in [1.54, 1.807) is 27.7 Å². The summed E-state index contributed by atoms with van der Waals surface area (Å²) in [6.07, 6.45) is 0. The van der Waals surface area contributed by atoms with E-state index in [0.717, 1.165) is 5.69 Å². The summed E-state index contributed by atoms with van der Waals surface area (Å²) in [4.78, 5) is 1.92. The van der Waals surface area contributed by atoms with Crippen LogP contribution in [0.2, 0.25) is 0 Å². The van der Waals surface area contributed by atoms with Gasteiger partial charge in [0.15, 0.2) is 0 Å². The molecule has 2 N–H and O–H groups in total. The largest absolute Gasteiger partial charge is 0.493 e. The first-order valence-corrected chi connectivity index (χ1v) is 6.41. The predicted molar refractivity (Wildman–Crippen MR) is 79.8 cm³/mol. The van der Waals surface area contributed by atoms with E-state index in [4.69, 9.17) is 4.65 Å². The molecule has 1 aromatic carbocycles. The fourth-order valence-corrected chi connectivity index (χ4v) is 1.59. The first kappa shape index (κ1) is 16.0. The van der Waals surface area contributed by atoms with Crippen LogP contribution >= 0.6 is 0 Å². The maximum absolute atomic E-state index is 10.3. The van der Waals surface area contributed by atoms with Gasteiger partial charge in [0, 0.05) is 25.2 Å². The Morgan fingerprint density at radius 3 is 2.11 bits per heavy atom. The van der Waals surface area contributed by atoms with Crippen LogP contribution in [-0.4, -0.2) is 42.5 Å². The van der Waals surface area contributed by atoms with Gasteiger partial charge in [-0.3, -0.25) is 0 Å². The van der Waals surface area contributed by atoms with Gasteiger partial charge in [0.25, 0.3) is 0 Å². The normalized spacial score (nSPS) is 12.4. The van der Waals surface area contributed by atoms with Crippen molar-refractivity contribution in [2.24, 2.45) is 0 Å². The van der Waals surface area contributed by atoms with Crippen molar-refractivity contribution in [1.29, 1.82) is 0 Å². The second-order valence-electron chi connectivity index (χ2n) is 5.99. The lowest BCUT2D eigenvalue weighted by Crippen LogP contribution is -2.53. The van der Waals surface area contributed by atoms with Crippen molar-refractivity contribution < 1.29 is 14.8 Å². The van der Waals surface area contributed by atoms with Crippen molar-refractivity contribution in [3.8, 4) is 0 Å². The molecule has 1 aromatic rings. The van der Waals surface area contributed by atoms with Crippen LogP contribution in [0.1, 0.15) is 27.7 Å². The van der Waals surface area contributed by atoms with Gasteiger partial charge in [-0.1, -0.05) is 18.2 Å². The van der Waals surface area contributed by atoms with E-state index >= 15 is 0 Å². The minimum atomic E-state index is -1.08. The summed E-state index contributed by atoms with van der Waals surface area (Å²) >= 11 is 0. The van der Waals surface area contributed by atoms with E-state index in [1.165, 1.54) is 0 Å². The minimum absolute atomic E-state index is 0.685. The molecule has 4 nitrogen and oxygen atoms in total. The number of hydrogen-bond acceptors (Lipinski definition) is 4. The highest BCUT2D eigenvalue weighted by Crippen LogP contribution is 2.25. The molecule has 19 heavy (non-hydrogen) atoms. The standard InChI is InChI=1S/C14H24BNO3/c1-13(2,17)14(3,4)19-15(18)11-9-7-8-10-12(11)16(5)6/h7-10,17-18H,1-6H3. The van der Waals surface area contributed by atoms with E-state index in [9.17, 15) is 10.1 Å². The van der Waals surface area contributed by atoms with Crippen molar-refractivity contribution in [2.45, 2.75) is 38.9 Å². The summed E-state index contributed by atoms with van der Waals surface area (Å²) in [7, 11) is 2.74. The molecule has 0 fully saturated rings. The summed E-state index contributed by atoms with van der Waals surface area (Å²) in [6.45, 7) is 6.85. The summed E-state index contributed by atoms with van der Waals surface area (Å²) < 4.78 is 5.66. The van der Waals surface area contributed by atoms with E-state index in [1.807, 2.05) is 43.3 Å². The monoisotopic (exact) mass is 265 g/mol. The molecule has 5 heteroatoms. The highest BCUT2D eigenvalue weighted by Gasteiger charge is 2.40. The maximum atomic E-state index is 10.3. The maximum Gasteiger partial charge on any atom is 0.493 e. The third-order valence-electron chi connectivity index (χ3n) is 3.56. The predicted octanol–water partition coefficient (Wildman–Crippen LogP) is 1.01. The van der Waals surface area contributed by atoms with Crippen LogP contribution in [0.15, 0.2) is 24.3 Å². The van der Waals surface area contributed by atoms with Gasteiger partial charge in [-0.05, 0) is 33.8 Å². The third-order valence-corrected chi connectivity index (χ3v) is 3.56. The lowest BCUT2D eigenvalue weighted by molar-refractivity contribution is -0.0982. The van der Waals surface area contributed by atoms with E-state index in [0.29, 0.717) is 5.46 Å². The van der Waals surface area contributed by atoms with Crippen molar-refractivity contribution in [3.05, 3.63) is 24.3 Å². The number of para-hydroxylation sites is 1. The number of nitrogens with zero attached hydrogens (tertiary/aromatic N) is 1. The fourth-order valence-electron chi connectivity index (χ4n) is 1.59. The number of aliphatic hydroxyl groups is 1. The molecule has 0 saturated carbocycles. The minimum Gasteiger partial charge on any atom is -0.423 e. The Bertz CT molecular complexity index is 427. The molecule has 1 rings (SSSR count). The number of benzene rings is 1. The van der Waals surface area contributed by atoms with Gasteiger partial charge in [-0.25, -0.2) is 0 Å². The first-order chi connectivity index (χ1) is 8.56. The lowest BCUT2D eigenvalue weighted by Gasteiger charge is -2.38. The van der Waals surface area contributed by atoms with E-state index in [-0.39, 0.29) is 0 Å². The molecule has 0 spiro atoms. The van der Waals surface area contributed by atoms with Gasteiger partial charge in [0.05, 0.1) is 11.2 Å². The van der Waals surface area contributed by atoms with Gasteiger partial charge >= 0.3 is 7.12 Å². The van der Waals surface area contributed by atoms with Crippen LogP contribution in [0.5, 0.6) is 0 Å². The van der Waals surface area contributed by atoms with Crippen LogP contribution in [0.4, 0.5) is 5.69 Å². The molecule has 0 aliphatic heterocycles. The Labute approximate surface area is 116 Å². The second-order valence-corrected chi connectivity index (χ2v) is 5.99. The SMILES string of the molecule is CN(C)c1ccccc1B(O)OC(C)(C)C(C)(C)O. The smallest absolute Gasteiger partial charge is 0.423 e. The van der Waals surface area contributed by atoms with Crippen LogP contribution in [-0.2, 0) is 4.65 Å². The van der Waals surface area contributed by atoms with E-state index in [2.05, 4.69) is 0 Å². The molecule has 0 heterocycles. The zero-order valence-corrected chi connectivity index (χ0v) is 12.6. The quantitative estimate of drug-likeness (QED) is 0.780. The first-order valence-electron chi connectivity index (χ1n) is 6.41. The third kappa shape index (κ3) is 3.72. The molecule has 0 amide bonds. The summed E-state index contributed by atoms with van der Waals surface area (Å²) in [5, 5.41) is 20.4. The molecular weight excluding hydrogens is 241 g/mol. The average molecular weight is 265 g/mol. The average Bonchev–Trinajstić information content (AvgIpc) is 2.26. The van der Waals surface area contributed by atoms with Crippen LogP contribution in [0.25, 0.3) is 0 Å². The van der Waals surface area contributed by atoms with Crippen molar-refractivity contribution in [3.63, 3.8) is 0 Å². The molecule has 0 aliphatic rings. The molecule has 0 bridgehead atoms. The van der Waals surface area contributed by atoms with Gasteiger partial charge in [0.2, 0.25) is 0 Å². The Balaban J connectivity index is 2.99. The van der Waals surface area contributed by atoms with Crippen LogP contribution in [0, 0.1) is 0 Å². The van der Waals surface area contributed by atoms with Crippen molar-refractivity contribution in [1.82, 2.24) is 0 Å². The Morgan fingerprint density at radius 2 is 1.63 bits per heavy atom. The van der Waals surface area contributed by atoms with E-state index < -0.39 is 18.3 Å². The summed E-state index contributed by atoms with van der Waals surface area (Å²) in [6, 6.07) is 7.50. The van der Waals surface area contributed by atoms with Gasteiger partial charge in [0.1, 0.15) is 0 Å². The Morgan fingerprint density at radius 1 is 1.11 bits per heavy atom. The Hall–Kier alpha value is -1.04. The molecule has 0 aliphatic carbocycles. The van der Waals surface area contributed by atoms with Crippen LogP contribution in [0.3, 0.4) is 0 Å². The topological polar surface area (TPSA) is 52.9 Å². The molecular formula is C14H24BNO3. The molecule has 0 atom stereocenters. The second kappa shape index (κ2) is 5.53. The van der Waals surface area contributed by atoms with Gasteiger partial charge < -0.3 is 19.7 Å². The molecule has 0 unspecified atom stereocenters. The van der Waals surface area contributed by atoms with Gasteiger partial charge in [-0.15, -0.1) is 0 Å². The highest BCUT2D eigenvalue weighted by atomic mass is 16.5. The lowest BCUT2D eigenvalue weighted by atomic mass is 9.75. The van der Waals surface area contributed by atoms with Crippen molar-refractivity contribution >= 4 is 18.3 Å². The van der Waals surface area contributed by atoms with Crippen molar-refractivity contribution in [2.75, 3.05) is 19.0 Å². The van der Waals surface area contributed by atoms with Crippen LogP contribution < -0.4 is 10.4 Å². The summed E-state index contributed by atoms with van der Waals surface area (Å²) in [5.41, 5.74) is -0.348. The number of hydrogen-bond donors (Lipinski definition) is 2. The zero-order chi connectivity index (χ0) is 14.8. The van der Waals surface area contributed by atoms with Gasteiger partial charge in [-0.2, -0.15) is 0 Å². The molecule has 0 radical (unpaired) electrons. The number of rotatable bonds is 5. The Kier molecular flexibility index (Phi) is 4.66. The molecule has 0 saturated heterocycles. The number of anilines is 1. The zero-order valence-electron chi connectivity index (χ0n) is 12.6.